The van der Waals surface area contributed by atoms with Crippen LogP contribution in [0.25, 0.3) is 11.0 Å². The number of hydrogen-bond donors (Lipinski definition) is 2. The molecule has 4 rings (SSSR count). The van der Waals surface area contributed by atoms with E-state index >= 15 is 0 Å². The van der Waals surface area contributed by atoms with Gasteiger partial charge in [0.2, 0.25) is 11.7 Å². The number of carbonyl (C=O) groups excluding carboxylic acids is 1. The summed E-state index contributed by atoms with van der Waals surface area (Å²) in [6.45, 7) is 10.6. The fourth-order valence-electron chi connectivity index (χ4n) is 3.87. The van der Waals surface area contributed by atoms with Gasteiger partial charge < -0.3 is 19.9 Å². The highest BCUT2D eigenvalue weighted by Gasteiger charge is 2.23. The number of ketones is 1. The second-order valence-corrected chi connectivity index (χ2v) is 8.12. The Morgan fingerprint density at radius 2 is 2.16 bits per heavy atom. The minimum atomic E-state index is -0.254. The molecule has 0 saturated carbocycles. The molecule has 0 amide bonds. The molecular weight excluding hydrogens is 402 g/mol. The first kappa shape index (κ1) is 21.6. The van der Waals surface area contributed by atoms with Crippen molar-refractivity contribution in [1.29, 1.82) is 0 Å². The van der Waals surface area contributed by atoms with Crippen molar-refractivity contribution < 1.29 is 9.53 Å². The summed E-state index contributed by atoms with van der Waals surface area (Å²) in [5.74, 6) is 2.71. The number of aliphatic imine (C=N–C) groups is 1. The molecule has 2 aliphatic heterocycles. The number of rotatable bonds is 7. The standard InChI is InChI=1S/C25H29N5O2/c1-4-19(32-25-24(26-13-14-27-25)30-15-7-8-17(2)16-30)12-11-18(3)22(31)23-28-20-9-5-6-10-21(20)29-23/h4-6,9-13,17,27H,3,7-8,14-16H2,1-2H3,(H,28,29)/b12-11-,19-4+/t17-/m1/s1. The van der Waals surface area contributed by atoms with Crippen LogP contribution < -0.4 is 5.32 Å². The number of Topliss-reactive ketones (excluding diaryl/α,β-unsaturated/α-hetero) is 1. The Kier molecular flexibility index (Phi) is 6.54. The van der Waals surface area contributed by atoms with E-state index in [0.29, 0.717) is 29.7 Å². The number of H-pyrrole nitrogens is 1. The average molecular weight is 432 g/mol. The number of aromatic nitrogens is 2. The minimum absolute atomic E-state index is 0.254. The van der Waals surface area contributed by atoms with Crippen molar-refractivity contribution in [2.75, 3.05) is 19.6 Å². The van der Waals surface area contributed by atoms with Crippen LogP contribution in [0.3, 0.4) is 0 Å². The van der Waals surface area contributed by atoms with Crippen LogP contribution in [0.2, 0.25) is 0 Å². The molecule has 2 N–H and O–H groups in total. The van der Waals surface area contributed by atoms with Gasteiger partial charge in [-0.3, -0.25) is 4.79 Å². The molecular formula is C25H29N5O2. The third kappa shape index (κ3) is 4.82. The van der Waals surface area contributed by atoms with E-state index < -0.39 is 0 Å². The zero-order chi connectivity index (χ0) is 22.5. The van der Waals surface area contributed by atoms with Crippen LogP contribution in [0.4, 0.5) is 0 Å². The number of nitrogens with zero attached hydrogens (tertiary/aromatic N) is 3. The number of benzene rings is 1. The highest BCUT2D eigenvalue weighted by molar-refractivity contribution is 6.09. The number of allylic oxidation sites excluding steroid dienone is 4. The fraction of sp³-hybridized carbons (Fsp3) is 0.320. The summed E-state index contributed by atoms with van der Waals surface area (Å²) in [6.07, 6.45) is 9.49. The van der Waals surface area contributed by atoms with Gasteiger partial charge in [-0.15, -0.1) is 0 Å². The Morgan fingerprint density at radius 1 is 1.31 bits per heavy atom. The van der Waals surface area contributed by atoms with Gasteiger partial charge in [0.05, 0.1) is 17.6 Å². The second-order valence-electron chi connectivity index (χ2n) is 8.12. The molecule has 0 spiro atoms. The third-order valence-corrected chi connectivity index (χ3v) is 5.58. The van der Waals surface area contributed by atoms with Gasteiger partial charge in [0, 0.05) is 24.9 Å². The number of fused-ring (bicyclic) bond motifs is 1. The van der Waals surface area contributed by atoms with Crippen LogP contribution in [0.5, 0.6) is 0 Å². The Bertz CT molecular complexity index is 1110. The maximum absolute atomic E-state index is 12.7. The maximum atomic E-state index is 12.7. The summed E-state index contributed by atoms with van der Waals surface area (Å²) >= 11 is 0. The number of hydrogen-bond acceptors (Lipinski definition) is 6. The molecule has 0 aliphatic carbocycles. The fourth-order valence-corrected chi connectivity index (χ4v) is 3.87. The number of imidazole rings is 1. The average Bonchev–Trinajstić information content (AvgIpc) is 3.25. The summed E-state index contributed by atoms with van der Waals surface area (Å²) in [7, 11) is 0. The summed E-state index contributed by atoms with van der Waals surface area (Å²) in [5.41, 5.74) is 1.89. The van der Waals surface area contributed by atoms with E-state index in [9.17, 15) is 4.79 Å². The Labute approximate surface area is 188 Å². The van der Waals surface area contributed by atoms with E-state index in [4.69, 9.17) is 4.74 Å². The van der Waals surface area contributed by atoms with Crippen LogP contribution in [-0.2, 0) is 4.74 Å². The van der Waals surface area contributed by atoms with Gasteiger partial charge in [-0.1, -0.05) is 25.6 Å². The molecule has 1 fully saturated rings. The first-order valence-electron chi connectivity index (χ1n) is 11.0. The Morgan fingerprint density at radius 3 is 2.94 bits per heavy atom. The maximum Gasteiger partial charge on any atom is 0.236 e. The Balaban J connectivity index is 1.46. The molecule has 2 aromatic rings. The molecule has 7 nitrogen and oxygen atoms in total. The molecule has 1 saturated heterocycles. The lowest BCUT2D eigenvalue weighted by molar-refractivity contribution is 0.103. The van der Waals surface area contributed by atoms with Crippen molar-refractivity contribution in [3.05, 3.63) is 77.9 Å². The number of para-hydroxylation sites is 2. The van der Waals surface area contributed by atoms with E-state index in [1.54, 1.807) is 12.2 Å². The summed E-state index contributed by atoms with van der Waals surface area (Å²) < 4.78 is 6.14. The Hall–Kier alpha value is -3.61. The van der Waals surface area contributed by atoms with Crippen molar-refractivity contribution in [3.63, 3.8) is 0 Å². The van der Waals surface area contributed by atoms with E-state index in [1.165, 1.54) is 6.42 Å². The lowest BCUT2D eigenvalue weighted by Gasteiger charge is -2.34. The number of likely N-dealkylation sites (tertiary alicyclic amines) is 1. The van der Waals surface area contributed by atoms with Gasteiger partial charge in [0.25, 0.3) is 0 Å². The predicted octanol–water partition coefficient (Wildman–Crippen LogP) is 4.31. The van der Waals surface area contributed by atoms with E-state index in [2.05, 4.69) is 38.7 Å². The van der Waals surface area contributed by atoms with Crippen LogP contribution >= 0.6 is 0 Å². The van der Waals surface area contributed by atoms with Gasteiger partial charge in [-0.2, -0.15) is 0 Å². The molecule has 166 valence electrons. The van der Waals surface area contributed by atoms with Crippen LogP contribution in [0, 0.1) is 5.92 Å². The van der Waals surface area contributed by atoms with Crippen LogP contribution in [-0.4, -0.2) is 46.5 Å². The number of ether oxygens (including phenoxy) is 1. The van der Waals surface area contributed by atoms with Crippen LogP contribution in [0.15, 0.2) is 77.1 Å². The molecule has 3 heterocycles. The van der Waals surface area contributed by atoms with Gasteiger partial charge >= 0.3 is 0 Å². The first-order chi connectivity index (χ1) is 15.5. The molecule has 2 aliphatic rings. The number of aromatic amines is 1. The molecule has 0 unspecified atom stereocenters. The first-order valence-corrected chi connectivity index (χ1v) is 11.0. The van der Waals surface area contributed by atoms with Crippen molar-refractivity contribution in [1.82, 2.24) is 20.2 Å². The monoisotopic (exact) mass is 431 g/mol. The quantitative estimate of drug-likeness (QED) is 0.295. The van der Waals surface area contributed by atoms with Crippen LogP contribution in [0.1, 0.15) is 37.3 Å². The van der Waals surface area contributed by atoms with Crippen molar-refractivity contribution in [2.24, 2.45) is 10.9 Å². The smallest absolute Gasteiger partial charge is 0.236 e. The summed E-state index contributed by atoms with van der Waals surface area (Å²) in [6, 6.07) is 7.53. The molecule has 7 heteroatoms. The highest BCUT2D eigenvalue weighted by atomic mass is 16.5. The normalized spacial score (nSPS) is 19.5. The molecule has 1 aromatic heterocycles. The lowest BCUT2D eigenvalue weighted by atomic mass is 10.0. The third-order valence-electron chi connectivity index (χ3n) is 5.58. The predicted molar refractivity (Wildman–Crippen MR) is 127 cm³/mol. The van der Waals surface area contributed by atoms with E-state index in [1.807, 2.05) is 43.5 Å². The minimum Gasteiger partial charge on any atom is -0.438 e. The van der Waals surface area contributed by atoms with E-state index in [0.717, 1.165) is 36.4 Å². The molecule has 1 aromatic carbocycles. The van der Waals surface area contributed by atoms with Gasteiger partial charge in [0.1, 0.15) is 5.76 Å². The molecule has 1 atom stereocenters. The number of carbonyl (C=O) groups is 1. The zero-order valence-electron chi connectivity index (χ0n) is 18.6. The largest absolute Gasteiger partial charge is 0.438 e. The summed E-state index contributed by atoms with van der Waals surface area (Å²) in [5, 5.41) is 3.28. The SMILES string of the molecule is C=C(/C=C\C(=C/C)OC1=C(N2CCC[C@@H](C)C2)N=CCN1)C(=O)c1nc2ccccc2[nH]1. The highest BCUT2D eigenvalue weighted by Crippen LogP contribution is 2.24. The molecule has 0 bridgehead atoms. The van der Waals surface area contributed by atoms with Gasteiger partial charge in [0.15, 0.2) is 11.6 Å². The topological polar surface area (TPSA) is 82.6 Å². The van der Waals surface area contributed by atoms with E-state index in [-0.39, 0.29) is 11.6 Å². The lowest BCUT2D eigenvalue weighted by Crippen LogP contribution is -2.37. The number of piperidine rings is 1. The van der Waals surface area contributed by atoms with Crippen molar-refractivity contribution in [3.8, 4) is 0 Å². The molecule has 32 heavy (non-hydrogen) atoms. The number of nitrogens with one attached hydrogen (secondary N) is 2. The van der Waals surface area contributed by atoms with Gasteiger partial charge in [-0.25, -0.2) is 9.98 Å². The van der Waals surface area contributed by atoms with Crippen molar-refractivity contribution >= 4 is 23.0 Å². The zero-order valence-corrected chi connectivity index (χ0v) is 18.6. The summed E-state index contributed by atoms with van der Waals surface area (Å²) in [4.78, 5) is 27.0. The van der Waals surface area contributed by atoms with Crippen molar-refractivity contribution in [2.45, 2.75) is 26.7 Å². The van der Waals surface area contributed by atoms with Gasteiger partial charge in [-0.05, 0) is 56.0 Å². The second kappa shape index (κ2) is 9.68. The molecule has 0 radical (unpaired) electrons.